The van der Waals surface area contributed by atoms with E-state index in [1.165, 1.54) is 6.92 Å². The number of ether oxygens (including phenoxy) is 3. The van der Waals surface area contributed by atoms with Gasteiger partial charge in [-0.2, -0.15) is 0 Å². The molecule has 0 fully saturated rings. The standard InChI is InChI=1S/C14H16O7/c1-7(15)6-9-4-5-10-11(8(9)2)21-14(3,20-10)12(16)19-13(17)18/h4-5,7,15H,6H2,1-3H3,(H,17,18)/t7?,14-/m0/s1. The summed E-state index contributed by atoms with van der Waals surface area (Å²) in [7, 11) is 0. The molecule has 0 saturated carbocycles. The van der Waals surface area contributed by atoms with Crippen LogP contribution >= 0.6 is 0 Å². The molecular weight excluding hydrogens is 280 g/mol. The second-order valence-electron chi connectivity index (χ2n) is 5.04. The fourth-order valence-corrected chi connectivity index (χ4v) is 2.13. The first-order chi connectivity index (χ1) is 9.73. The van der Waals surface area contributed by atoms with Gasteiger partial charge in [0.15, 0.2) is 11.5 Å². The summed E-state index contributed by atoms with van der Waals surface area (Å²) in [6.45, 7) is 4.72. The molecule has 7 nitrogen and oxygen atoms in total. The molecule has 2 rings (SSSR count). The number of benzene rings is 1. The topological polar surface area (TPSA) is 102 Å². The van der Waals surface area contributed by atoms with Gasteiger partial charge in [0.25, 0.3) is 0 Å². The molecule has 0 amide bonds. The molecule has 114 valence electrons. The van der Waals surface area contributed by atoms with Gasteiger partial charge in [-0.15, -0.1) is 0 Å². The Bertz CT molecular complexity index is 593. The minimum Gasteiger partial charge on any atom is -0.449 e. The Labute approximate surface area is 121 Å². The van der Waals surface area contributed by atoms with Gasteiger partial charge in [-0.05, 0) is 37.5 Å². The minimum absolute atomic E-state index is 0.326. The molecule has 0 radical (unpaired) electrons. The lowest BCUT2D eigenvalue weighted by Gasteiger charge is -2.19. The van der Waals surface area contributed by atoms with Crippen LogP contribution in [0.3, 0.4) is 0 Å². The van der Waals surface area contributed by atoms with Crippen LogP contribution in [0.25, 0.3) is 0 Å². The number of carboxylic acid groups (broad SMARTS) is 1. The van der Waals surface area contributed by atoms with Gasteiger partial charge < -0.3 is 24.4 Å². The van der Waals surface area contributed by atoms with Crippen LogP contribution in [0.15, 0.2) is 12.1 Å². The van der Waals surface area contributed by atoms with Gasteiger partial charge in [0.1, 0.15) is 0 Å². The third-order valence-electron chi connectivity index (χ3n) is 3.15. The van der Waals surface area contributed by atoms with Crippen molar-refractivity contribution in [1.82, 2.24) is 0 Å². The van der Waals surface area contributed by atoms with E-state index >= 15 is 0 Å². The van der Waals surface area contributed by atoms with E-state index in [9.17, 15) is 14.7 Å². The van der Waals surface area contributed by atoms with E-state index in [4.69, 9.17) is 14.6 Å². The maximum Gasteiger partial charge on any atom is 0.513 e. The Hall–Kier alpha value is -2.28. The van der Waals surface area contributed by atoms with E-state index < -0.39 is 24.0 Å². The van der Waals surface area contributed by atoms with Crippen LogP contribution in [0.4, 0.5) is 4.79 Å². The first-order valence-corrected chi connectivity index (χ1v) is 6.36. The molecule has 0 aromatic heterocycles. The summed E-state index contributed by atoms with van der Waals surface area (Å²) in [6.07, 6.45) is -1.82. The van der Waals surface area contributed by atoms with Gasteiger partial charge in [-0.3, -0.25) is 0 Å². The number of fused-ring (bicyclic) bond motifs is 1. The van der Waals surface area contributed by atoms with Crippen molar-refractivity contribution in [3.8, 4) is 11.5 Å². The van der Waals surface area contributed by atoms with Crippen LogP contribution in [0, 0.1) is 6.92 Å². The highest BCUT2D eigenvalue weighted by Crippen LogP contribution is 2.43. The molecule has 0 bridgehead atoms. The average molecular weight is 296 g/mol. The SMILES string of the molecule is Cc1c(CC(C)O)ccc2c1O[C@@](C)(C(=O)OC(=O)O)O2. The number of esters is 1. The Morgan fingerprint density at radius 3 is 2.62 bits per heavy atom. The molecule has 0 saturated heterocycles. The number of rotatable bonds is 3. The van der Waals surface area contributed by atoms with Crippen LogP contribution < -0.4 is 9.47 Å². The summed E-state index contributed by atoms with van der Waals surface area (Å²) in [5.41, 5.74) is 1.57. The van der Waals surface area contributed by atoms with Gasteiger partial charge in [0.2, 0.25) is 0 Å². The number of carbonyl (C=O) groups is 2. The van der Waals surface area contributed by atoms with Crippen LogP contribution in [0.5, 0.6) is 11.5 Å². The molecule has 7 heteroatoms. The predicted octanol–water partition coefficient (Wildman–Crippen LogP) is 1.63. The van der Waals surface area contributed by atoms with E-state index in [1.807, 2.05) is 0 Å². The second kappa shape index (κ2) is 5.25. The summed E-state index contributed by atoms with van der Waals surface area (Å²) in [4.78, 5) is 22.2. The highest BCUT2D eigenvalue weighted by molar-refractivity contribution is 5.87. The van der Waals surface area contributed by atoms with Crippen molar-refractivity contribution >= 4 is 12.1 Å². The van der Waals surface area contributed by atoms with Gasteiger partial charge in [-0.25, -0.2) is 9.59 Å². The molecule has 1 aromatic carbocycles. The van der Waals surface area contributed by atoms with Gasteiger partial charge in [0.05, 0.1) is 6.10 Å². The molecule has 2 atom stereocenters. The summed E-state index contributed by atoms with van der Waals surface area (Å²) in [6, 6.07) is 3.37. The number of carbonyl (C=O) groups excluding carboxylic acids is 1. The molecule has 1 aliphatic rings. The number of aliphatic hydroxyl groups excluding tert-OH is 1. The largest absolute Gasteiger partial charge is 0.513 e. The highest BCUT2D eigenvalue weighted by Gasteiger charge is 2.48. The average Bonchev–Trinajstić information content (AvgIpc) is 2.71. The summed E-state index contributed by atoms with van der Waals surface area (Å²) in [5, 5.41) is 17.9. The van der Waals surface area contributed by atoms with Gasteiger partial charge >= 0.3 is 17.9 Å². The predicted molar refractivity (Wildman–Crippen MR) is 70.3 cm³/mol. The van der Waals surface area contributed by atoms with E-state index in [0.29, 0.717) is 17.9 Å². The van der Waals surface area contributed by atoms with E-state index in [1.54, 1.807) is 26.0 Å². The molecule has 1 unspecified atom stereocenters. The Morgan fingerprint density at radius 2 is 2.05 bits per heavy atom. The van der Waals surface area contributed by atoms with E-state index in [2.05, 4.69) is 4.74 Å². The minimum atomic E-state index is -1.84. The van der Waals surface area contributed by atoms with Crippen molar-refractivity contribution < 1.29 is 34.0 Å². The molecule has 0 aliphatic carbocycles. The van der Waals surface area contributed by atoms with E-state index in [0.717, 1.165) is 11.1 Å². The fourth-order valence-electron chi connectivity index (χ4n) is 2.13. The quantitative estimate of drug-likeness (QED) is 0.645. The maximum absolute atomic E-state index is 11.7. The molecule has 2 N–H and O–H groups in total. The molecular formula is C14H16O7. The lowest BCUT2D eigenvalue weighted by molar-refractivity contribution is -0.175. The zero-order valence-electron chi connectivity index (χ0n) is 11.9. The monoisotopic (exact) mass is 296 g/mol. The normalized spacial score (nSPS) is 21.0. The summed E-state index contributed by atoms with van der Waals surface area (Å²) < 4.78 is 14.9. The smallest absolute Gasteiger partial charge is 0.449 e. The summed E-state index contributed by atoms with van der Waals surface area (Å²) >= 11 is 0. The Kier molecular flexibility index (Phi) is 3.78. The number of hydrogen-bond donors (Lipinski definition) is 2. The zero-order valence-corrected chi connectivity index (χ0v) is 11.9. The van der Waals surface area contributed by atoms with Crippen LogP contribution in [0.2, 0.25) is 0 Å². The Morgan fingerprint density at radius 1 is 1.38 bits per heavy atom. The van der Waals surface area contributed by atoms with Crippen LogP contribution in [-0.2, 0) is 16.0 Å². The van der Waals surface area contributed by atoms with Crippen molar-refractivity contribution in [2.24, 2.45) is 0 Å². The van der Waals surface area contributed by atoms with Crippen molar-refractivity contribution in [2.45, 2.75) is 39.1 Å². The van der Waals surface area contributed by atoms with Crippen molar-refractivity contribution in [3.63, 3.8) is 0 Å². The molecule has 21 heavy (non-hydrogen) atoms. The van der Waals surface area contributed by atoms with Crippen molar-refractivity contribution in [3.05, 3.63) is 23.3 Å². The zero-order chi connectivity index (χ0) is 15.8. The molecule has 1 heterocycles. The molecule has 0 spiro atoms. The first-order valence-electron chi connectivity index (χ1n) is 6.36. The molecule has 1 aliphatic heterocycles. The van der Waals surface area contributed by atoms with Gasteiger partial charge in [0, 0.05) is 6.92 Å². The van der Waals surface area contributed by atoms with Gasteiger partial charge in [-0.1, -0.05) is 6.07 Å². The van der Waals surface area contributed by atoms with Crippen LogP contribution in [-0.4, -0.2) is 34.2 Å². The lowest BCUT2D eigenvalue weighted by Crippen LogP contribution is -2.45. The number of aliphatic hydroxyl groups is 1. The first kappa shape index (κ1) is 15.1. The van der Waals surface area contributed by atoms with Crippen LogP contribution in [0.1, 0.15) is 25.0 Å². The third kappa shape index (κ3) is 2.92. The van der Waals surface area contributed by atoms with Crippen molar-refractivity contribution in [2.75, 3.05) is 0 Å². The Balaban J connectivity index is 2.28. The number of hydrogen-bond acceptors (Lipinski definition) is 6. The highest BCUT2D eigenvalue weighted by atomic mass is 16.8. The maximum atomic E-state index is 11.7. The third-order valence-corrected chi connectivity index (χ3v) is 3.15. The van der Waals surface area contributed by atoms with Crippen molar-refractivity contribution in [1.29, 1.82) is 0 Å². The lowest BCUT2D eigenvalue weighted by atomic mass is 10.0. The second-order valence-corrected chi connectivity index (χ2v) is 5.04. The fraction of sp³-hybridized carbons (Fsp3) is 0.429. The molecule has 1 aromatic rings. The van der Waals surface area contributed by atoms with E-state index in [-0.39, 0.29) is 0 Å². The summed E-state index contributed by atoms with van der Waals surface area (Å²) in [5.74, 6) is -2.32.